The first-order valence-electron chi connectivity index (χ1n) is 8.00. The van der Waals surface area contributed by atoms with Crippen LogP contribution in [0.5, 0.6) is 0 Å². The van der Waals surface area contributed by atoms with Gasteiger partial charge in [-0.15, -0.1) is 0 Å². The molecule has 28 heavy (non-hydrogen) atoms. The van der Waals surface area contributed by atoms with Crippen LogP contribution in [0.2, 0.25) is 0 Å². The number of amides is 2. The van der Waals surface area contributed by atoms with Crippen molar-refractivity contribution in [2.45, 2.75) is 25.1 Å². The second kappa shape index (κ2) is 7.64. The van der Waals surface area contributed by atoms with Crippen molar-refractivity contribution in [2.75, 3.05) is 25.6 Å². The Morgan fingerprint density at radius 3 is 2.21 bits per heavy atom. The van der Waals surface area contributed by atoms with Gasteiger partial charge in [0.25, 0.3) is 0 Å². The van der Waals surface area contributed by atoms with Crippen molar-refractivity contribution in [3.63, 3.8) is 0 Å². The fourth-order valence-corrected chi connectivity index (χ4v) is 2.50. The van der Waals surface area contributed by atoms with E-state index in [4.69, 9.17) is 0 Å². The van der Waals surface area contributed by atoms with E-state index in [0.717, 1.165) is 5.69 Å². The van der Waals surface area contributed by atoms with Gasteiger partial charge in [0.2, 0.25) is 0 Å². The number of allylic oxidation sites excluding steroid dienone is 1. The Hall–Kier alpha value is -2.85. The zero-order chi connectivity index (χ0) is 21.3. The van der Waals surface area contributed by atoms with Crippen LogP contribution in [-0.4, -0.2) is 44.8 Å². The molecule has 0 aromatic heterocycles. The summed E-state index contributed by atoms with van der Waals surface area (Å²) in [6.07, 6.45) is -5.85. The largest absolute Gasteiger partial charge is 0.456 e. The quantitative estimate of drug-likeness (QED) is 0.581. The second-order valence-corrected chi connectivity index (χ2v) is 6.33. The first-order valence-corrected chi connectivity index (χ1v) is 8.00. The molecule has 0 radical (unpaired) electrons. The minimum atomic E-state index is -5.85. The molecular weight excluding hydrogens is 389 g/mol. The number of benzene rings is 1. The lowest BCUT2D eigenvalue weighted by Gasteiger charge is -2.29. The average molecular weight is 407 g/mol. The maximum absolute atomic E-state index is 13.0. The number of halogens is 5. The Balaban J connectivity index is 2.29. The Labute approximate surface area is 157 Å². The molecule has 154 valence electrons. The fraction of sp³-hybridized carbons (Fsp3) is 0.412. The van der Waals surface area contributed by atoms with Gasteiger partial charge in [0.1, 0.15) is 0 Å². The van der Waals surface area contributed by atoms with Gasteiger partial charge in [-0.05, 0) is 24.6 Å². The number of hydrogen-bond donors (Lipinski definition) is 2. The number of carbonyl (C=O) groups excluding carboxylic acids is 2. The highest BCUT2D eigenvalue weighted by atomic mass is 19.4. The van der Waals surface area contributed by atoms with E-state index in [1.165, 1.54) is 6.92 Å². The molecule has 1 aliphatic rings. The van der Waals surface area contributed by atoms with E-state index in [1.54, 1.807) is 43.3 Å². The molecule has 2 N–H and O–H groups in total. The Morgan fingerprint density at radius 1 is 1.14 bits per heavy atom. The van der Waals surface area contributed by atoms with Gasteiger partial charge in [0.05, 0.1) is 11.6 Å². The molecule has 1 aromatic rings. The molecule has 2 amide bonds. The number of nitrogens with one attached hydrogen (secondary N) is 2. The van der Waals surface area contributed by atoms with Crippen LogP contribution < -0.4 is 15.5 Å². The molecule has 0 spiro atoms. The highest BCUT2D eigenvalue weighted by molar-refractivity contribution is 5.95. The number of anilines is 1. The molecule has 1 aromatic carbocycles. The third-order valence-corrected chi connectivity index (χ3v) is 4.03. The number of hydrogen-bond acceptors (Lipinski definition) is 4. The van der Waals surface area contributed by atoms with Crippen molar-refractivity contribution < 1.29 is 36.3 Å². The molecule has 0 unspecified atom stereocenters. The van der Waals surface area contributed by atoms with E-state index in [0.29, 0.717) is 5.56 Å². The Morgan fingerprint density at radius 2 is 1.71 bits per heavy atom. The third kappa shape index (κ3) is 4.52. The molecule has 0 fully saturated rings. The molecule has 0 bridgehead atoms. The van der Waals surface area contributed by atoms with Crippen LogP contribution in [0, 0.1) is 0 Å². The summed E-state index contributed by atoms with van der Waals surface area (Å²) < 4.78 is 67.1. The topological polar surface area (TPSA) is 70.7 Å². The molecule has 1 aliphatic heterocycles. The average Bonchev–Trinajstić information content (AvgIpc) is 2.58. The van der Waals surface area contributed by atoms with Gasteiger partial charge in [-0.2, -0.15) is 22.0 Å². The van der Waals surface area contributed by atoms with Crippen molar-refractivity contribution in [3.8, 4) is 0 Å². The normalized spacial score (nSPS) is 17.7. The first kappa shape index (κ1) is 21.5. The van der Waals surface area contributed by atoms with Crippen molar-refractivity contribution in [1.29, 1.82) is 0 Å². The molecule has 2 rings (SSSR count). The fourth-order valence-electron chi connectivity index (χ4n) is 2.50. The summed E-state index contributed by atoms with van der Waals surface area (Å²) in [5.74, 6) is -6.58. The lowest BCUT2D eigenvalue weighted by atomic mass is 9.95. The van der Waals surface area contributed by atoms with Crippen LogP contribution in [0.4, 0.5) is 32.4 Å². The van der Waals surface area contributed by atoms with E-state index in [2.05, 4.69) is 15.4 Å². The van der Waals surface area contributed by atoms with E-state index >= 15 is 0 Å². The van der Waals surface area contributed by atoms with E-state index in [-0.39, 0.29) is 11.3 Å². The predicted octanol–water partition coefficient (Wildman–Crippen LogP) is 3.12. The molecule has 0 aliphatic carbocycles. The minimum absolute atomic E-state index is 0.00855. The number of alkyl halides is 5. The van der Waals surface area contributed by atoms with Crippen LogP contribution in [0.1, 0.15) is 18.5 Å². The summed E-state index contributed by atoms with van der Waals surface area (Å²) in [6, 6.07) is 4.85. The standard InChI is InChI=1S/C17H18F5N3O3/c1-9-12(14(26)28-8-16(18,19)17(20,21)22)13(24-15(27)23-9)10-4-6-11(7-5-10)25(2)3/h4-7,13H,8H2,1-3H3,(H2,23,24,27)/t13-/m1/s1. The SMILES string of the molecule is CC1=C(C(=O)OCC(F)(F)C(F)(F)F)[C@@H](c2ccc(N(C)C)cc2)NC(=O)N1. The van der Waals surface area contributed by atoms with Crippen LogP contribution in [0.3, 0.4) is 0 Å². The predicted molar refractivity (Wildman–Crippen MR) is 89.8 cm³/mol. The van der Waals surface area contributed by atoms with Gasteiger partial charge in [0, 0.05) is 25.5 Å². The zero-order valence-electron chi connectivity index (χ0n) is 15.2. The maximum atomic E-state index is 13.0. The van der Waals surface area contributed by atoms with Crippen molar-refractivity contribution >= 4 is 17.7 Å². The van der Waals surface area contributed by atoms with Gasteiger partial charge >= 0.3 is 24.1 Å². The monoisotopic (exact) mass is 407 g/mol. The van der Waals surface area contributed by atoms with Crippen molar-refractivity contribution in [2.24, 2.45) is 0 Å². The number of urea groups is 1. The summed E-state index contributed by atoms with van der Waals surface area (Å²) in [5, 5.41) is 4.72. The molecule has 1 atom stereocenters. The second-order valence-electron chi connectivity index (χ2n) is 6.33. The number of rotatable bonds is 5. The summed E-state index contributed by atoms with van der Waals surface area (Å²) in [6.45, 7) is -0.842. The number of nitrogens with zero attached hydrogens (tertiary/aromatic N) is 1. The number of carbonyl (C=O) groups is 2. The first-order chi connectivity index (χ1) is 12.8. The van der Waals surface area contributed by atoms with Crippen LogP contribution in [0.25, 0.3) is 0 Å². The molecule has 0 saturated heterocycles. The van der Waals surface area contributed by atoms with E-state index < -0.39 is 36.7 Å². The van der Waals surface area contributed by atoms with Crippen LogP contribution in [0.15, 0.2) is 35.5 Å². The summed E-state index contributed by atoms with van der Waals surface area (Å²) in [7, 11) is 3.60. The summed E-state index contributed by atoms with van der Waals surface area (Å²) >= 11 is 0. The zero-order valence-corrected chi connectivity index (χ0v) is 15.2. The molecule has 6 nitrogen and oxygen atoms in total. The molecule has 1 heterocycles. The number of esters is 1. The minimum Gasteiger partial charge on any atom is -0.455 e. The maximum Gasteiger partial charge on any atom is 0.456 e. The smallest absolute Gasteiger partial charge is 0.455 e. The number of ether oxygens (including phenoxy) is 1. The lowest BCUT2D eigenvalue weighted by Crippen LogP contribution is -2.46. The highest BCUT2D eigenvalue weighted by Gasteiger charge is 2.58. The molecule has 11 heteroatoms. The van der Waals surface area contributed by atoms with Gasteiger partial charge in [0.15, 0.2) is 6.61 Å². The molecular formula is C17H18F5N3O3. The Kier molecular flexibility index (Phi) is 5.86. The van der Waals surface area contributed by atoms with Crippen LogP contribution in [-0.2, 0) is 9.53 Å². The third-order valence-electron chi connectivity index (χ3n) is 4.03. The van der Waals surface area contributed by atoms with Gasteiger partial charge < -0.3 is 20.3 Å². The van der Waals surface area contributed by atoms with Gasteiger partial charge in [-0.3, -0.25) is 0 Å². The highest BCUT2D eigenvalue weighted by Crippen LogP contribution is 2.36. The van der Waals surface area contributed by atoms with E-state index in [1.807, 2.05) is 0 Å². The van der Waals surface area contributed by atoms with Crippen molar-refractivity contribution in [3.05, 3.63) is 41.1 Å². The van der Waals surface area contributed by atoms with Gasteiger partial charge in [-0.25, -0.2) is 9.59 Å². The van der Waals surface area contributed by atoms with Gasteiger partial charge in [-0.1, -0.05) is 12.1 Å². The summed E-state index contributed by atoms with van der Waals surface area (Å²) in [5.41, 5.74) is 0.967. The summed E-state index contributed by atoms with van der Waals surface area (Å²) in [4.78, 5) is 25.8. The van der Waals surface area contributed by atoms with Crippen molar-refractivity contribution in [1.82, 2.24) is 10.6 Å². The molecule has 0 saturated carbocycles. The van der Waals surface area contributed by atoms with E-state index in [9.17, 15) is 31.5 Å². The van der Waals surface area contributed by atoms with Crippen LogP contribution >= 0.6 is 0 Å². The lowest BCUT2D eigenvalue weighted by molar-refractivity contribution is -0.293. The Bertz CT molecular complexity index is 788.